The van der Waals surface area contributed by atoms with Gasteiger partial charge in [0.25, 0.3) is 0 Å². The van der Waals surface area contributed by atoms with Gasteiger partial charge in [-0.3, -0.25) is 0 Å². The highest BCUT2D eigenvalue weighted by atomic mass is 16.4. The van der Waals surface area contributed by atoms with Crippen LogP contribution in [0.5, 0.6) is 0 Å². The standard InChI is InChI=1S/C13H18N2O3/c16-11-6-2-1-4-9(11)8-14-12-7-3-5-10(15-12)13(17)18/h3,5,7,9,11,16H,1-2,4,6,8H2,(H,14,15)(H,17,18)/t9-,11+/m1/s1. The fourth-order valence-corrected chi connectivity index (χ4v) is 2.31. The van der Waals surface area contributed by atoms with Crippen molar-refractivity contribution in [2.75, 3.05) is 11.9 Å². The maximum Gasteiger partial charge on any atom is 0.354 e. The van der Waals surface area contributed by atoms with Gasteiger partial charge in [0.2, 0.25) is 0 Å². The molecule has 0 amide bonds. The lowest BCUT2D eigenvalue weighted by atomic mass is 9.86. The first-order valence-electron chi connectivity index (χ1n) is 6.29. The van der Waals surface area contributed by atoms with Crippen LogP contribution in [0.15, 0.2) is 18.2 Å². The molecular formula is C13H18N2O3. The van der Waals surface area contributed by atoms with Crippen molar-refractivity contribution < 1.29 is 15.0 Å². The van der Waals surface area contributed by atoms with Gasteiger partial charge in [-0.25, -0.2) is 9.78 Å². The molecular weight excluding hydrogens is 232 g/mol. The molecule has 1 aliphatic rings. The van der Waals surface area contributed by atoms with Crippen LogP contribution in [-0.2, 0) is 0 Å². The number of rotatable bonds is 4. The highest BCUT2D eigenvalue weighted by Crippen LogP contribution is 2.24. The molecule has 98 valence electrons. The number of nitrogens with zero attached hydrogens (tertiary/aromatic N) is 1. The molecule has 0 radical (unpaired) electrons. The summed E-state index contributed by atoms with van der Waals surface area (Å²) in [7, 11) is 0. The van der Waals surface area contributed by atoms with Crippen LogP contribution < -0.4 is 5.32 Å². The van der Waals surface area contributed by atoms with Gasteiger partial charge in [-0.1, -0.05) is 18.9 Å². The first-order valence-corrected chi connectivity index (χ1v) is 6.29. The van der Waals surface area contributed by atoms with E-state index in [9.17, 15) is 9.90 Å². The first-order chi connectivity index (χ1) is 8.66. The largest absolute Gasteiger partial charge is 0.477 e. The van der Waals surface area contributed by atoms with Crippen molar-refractivity contribution in [3.63, 3.8) is 0 Å². The predicted molar refractivity (Wildman–Crippen MR) is 67.7 cm³/mol. The van der Waals surface area contributed by atoms with Crippen LogP contribution in [0.25, 0.3) is 0 Å². The Morgan fingerprint density at radius 1 is 1.39 bits per heavy atom. The average Bonchev–Trinajstić information content (AvgIpc) is 2.38. The summed E-state index contributed by atoms with van der Waals surface area (Å²) in [5.74, 6) is -0.252. The molecule has 1 fully saturated rings. The second kappa shape index (κ2) is 5.82. The van der Waals surface area contributed by atoms with E-state index in [1.807, 2.05) is 0 Å². The van der Waals surface area contributed by atoms with E-state index in [-0.39, 0.29) is 17.7 Å². The minimum atomic E-state index is -1.03. The van der Waals surface area contributed by atoms with Gasteiger partial charge in [0, 0.05) is 12.5 Å². The van der Waals surface area contributed by atoms with E-state index in [0.29, 0.717) is 12.4 Å². The van der Waals surface area contributed by atoms with E-state index in [0.717, 1.165) is 25.7 Å². The number of carboxylic acid groups (broad SMARTS) is 1. The van der Waals surface area contributed by atoms with Crippen molar-refractivity contribution >= 4 is 11.8 Å². The molecule has 2 atom stereocenters. The molecule has 1 aliphatic carbocycles. The molecule has 2 rings (SSSR count). The third-order valence-electron chi connectivity index (χ3n) is 3.38. The highest BCUT2D eigenvalue weighted by Gasteiger charge is 2.22. The summed E-state index contributed by atoms with van der Waals surface area (Å²) in [6.07, 6.45) is 3.84. The lowest BCUT2D eigenvalue weighted by molar-refractivity contribution is 0.0689. The number of aliphatic hydroxyl groups is 1. The van der Waals surface area contributed by atoms with Crippen LogP contribution in [0, 0.1) is 5.92 Å². The average molecular weight is 250 g/mol. The topological polar surface area (TPSA) is 82.5 Å². The minimum Gasteiger partial charge on any atom is -0.477 e. The van der Waals surface area contributed by atoms with Gasteiger partial charge in [-0.15, -0.1) is 0 Å². The Morgan fingerprint density at radius 2 is 2.17 bits per heavy atom. The zero-order chi connectivity index (χ0) is 13.0. The molecule has 0 saturated heterocycles. The summed E-state index contributed by atoms with van der Waals surface area (Å²) in [6.45, 7) is 0.636. The maximum atomic E-state index is 10.8. The van der Waals surface area contributed by atoms with E-state index < -0.39 is 5.97 Å². The Bertz CT molecular complexity index is 422. The highest BCUT2D eigenvalue weighted by molar-refractivity contribution is 5.85. The molecule has 0 aliphatic heterocycles. The number of hydrogen-bond donors (Lipinski definition) is 3. The summed E-state index contributed by atoms with van der Waals surface area (Å²) >= 11 is 0. The summed E-state index contributed by atoms with van der Waals surface area (Å²) in [5.41, 5.74) is 0.0317. The molecule has 1 heterocycles. The molecule has 0 aromatic carbocycles. The zero-order valence-electron chi connectivity index (χ0n) is 10.2. The van der Waals surface area contributed by atoms with Crippen molar-refractivity contribution in [3.8, 4) is 0 Å². The van der Waals surface area contributed by atoms with Crippen LogP contribution in [0.1, 0.15) is 36.2 Å². The minimum absolute atomic E-state index is 0.0317. The normalized spacial score (nSPS) is 23.6. The Hall–Kier alpha value is -1.62. The lowest BCUT2D eigenvalue weighted by Gasteiger charge is -2.27. The van der Waals surface area contributed by atoms with Gasteiger partial charge < -0.3 is 15.5 Å². The molecule has 1 aromatic rings. The van der Waals surface area contributed by atoms with Crippen LogP contribution >= 0.6 is 0 Å². The number of anilines is 1. The number of aliphatic hydroxyl groups excluding tert-OH is 1. The molecule has 18 heavy (non-hydrogen) atoms. The van der Waals surface area contributed by atoms with E-state index in [1.165, 1.54) is 6.07 Å². The van der Waals surface area contributed by atoms with Crippen molar-refractivity contribution in [2.45, 2.75) is 31.8 Å². The number of aromatic nitrogens is 1. The van der Waals surface area contributed by atoms with Gasteiger partial charge in [-0.2, -0.15) is 0 Å². The first kappa shape index (κ1) is 12.8. The van der Waals surface area contributed by atoms with Gasteiger partial charge in [0.1, 0.15) is 5.82 Å². The number of nitrogens with one attached hydrogen (secondary N) is 1. The number of carbonyl (C=O) groups is 1. The maximum absolute atomic E-state index is 10.8. The van der Waals surface area contributed by atoms with Crippen molar-refractivity contribution in [1.29, 1.82) is 0 Å². The van der Waals surface area contributed by atoms with Crippen LogP contribution in [0.3, 0.4) is 0 Å². The van der Waals surface area contributed by atoms with Gasteiger partial charge in [-0.05, 0) is 25.0 Å². The third-order valence-corrected chi connectivity index (χ3v) is 3.38. The summed E-state index contributed by atoms with van der Waals surface area (Å²) < 4.78 is 0. The van der Waals surface area contributed by atoms with E-state index in [4.69, 9.17) is 5.11 Å². The molecule has 0 unspecified atom stereocenters. The van der Waals surface area contributed by atoms with Crippen LogP contribution in [0.2, 0.25) is 0 Å². The molecule has 5 heteroatoms. The molecule has 0 bridgehead atoms. The SMILES string of the molecule is O=C(O)c1cccc(NC[C@H]2CCCC[C@@H]2O)n1. The monoisotopic (exact) mass is 250 g/mol. The fourth-order valence-electron chi connectivity index (χ4n) is 2.31. The number of carboxylic acids is 1. The molecule has 1 saturated carbocycles. The Labute approximate surface area is 106 Å². The lowest BCUT2D eigenvalue weighted by Crippen LogP contribution is -2.30. The van der Waals surface area contributed by atoms with Crippen LogP contribution in [0.4, 0.5) is 5.82 Å². The Kier molecular flexibility index (Phi) is 4.15. The summed E-state index contributed by atoms with van der Waals surface area (Å²) in [6, 6.07) is 4.86. The van der Waals surface area contributed by atoms with E-state index >= 15 is 0 Å². The van der Waals surface area contributed by atoms with Crippen molar-refractivity contribution in [2.24, 2.45) is 5.92 Å². The molecule has 5 nitrogen and oxygen atoms in total. The van der Waals surface area contributed by atoms with Gasteiger partial charge >= 0.3 is 5.97 Å². The smallest absolute Gasteiger partial charge is 0.354 e. The van der Waals surface area contributed by atoms with Gasteiger partial charge in [0.05, 0.1) is 6.10 Å². The second-order valence-corrected chi connectivity index (χ2v) is 4.71. The quantitative estimate of drug-likeness (QED) is 0.758. The van der Waals surface area contributed by atoms with Crippen LogP contribution in [-0.4, -0.2) is 33.8 Å². The Balaban J connectivity index is 1.93. The van der Waals surface area contributed by atoms with Crippen molar-refractivity contribution in [3.05, 3.63) is 23.9 Å². The predicted octanol–water partition coefficient (Wildman–Crippen LogP) is 1.74. The number of pyridine rings is 1. The number of hydrogen-bond acceptors (Lipinski definition) is 4. The second-order valence-electron chi connectivity index (χ2n) is 4.71. The summed E-state index contributed by atoms with van der Waals surface area (Å²) in [5, 5.41) is 21.8. The third kappa shape index (κ3) is 3.20. The number of aromatic carboxylic acids is 1. The van der Waals surface area contributed by atoms with Gasteiger partial charge in [0.15, 0.2) is 5.69 Å². The fraction of sp³-hybridized carbons (Fsp3) is 0.538. The van der Waals surface area contributed by atoms with E-state index in [2.05, 4.69) is 10.3 Å². The summed E-state index contributed by atoms with van der Waals surface area (Å²) in [4.78, 5) is 14.8. The molecule has 0 spiro atoms. The van der Waals surface area contributed by atoms with E-state index in [1.54, 1.807) is 12.1 Å². The zero-order valence-corrected chi connectivity index (χ0v) is 10.2. The molecule has 1 aromatic heterocycles. The Morgan fingerprint density at radius 3 is 2.89 bits per heavy atom. The molecule has 3 N–H and O–H groups in total. The van der Waals surface area contributed by atoms with Crippen molar-refractivity contribution in [1.82, 2.24) is 4.98 Å².